The second-order valence-corrected chi connectivity index (χ2v) is 5.36. The fourth-order valence-electron chi connectivity index (χ4n) is 2.21. The predicted molar refractivity (Wildman–Crippen MR) is 84.4 cm³/mol. The summed E-state index contributed by atoms with van der Waals surface area (Å²) in [6.45, 7) is 7.44. The molecule has 1 unspecified atom stereocenters. The third-order valence-electron chi connectivity index (χ3n) is 3.51. The summed E-state index contributed by atoms with van der Waals surface area (Å²) in [5, 5.41) is 3.99. The second kappa shape index (κ2) is 6.74. The van der Waals surface area contributed by atoms with Crippen LogP contribution in [-0.4, -0.2) is 43.9 Å². The second-order valence-electron chi connectivity index (χ2n) is 5.36. The number of nitrogens with one attached hydrogen (secondary N) is 1. The highest BCUT2D eigenvalue weighted by atomic mass is 16.7. The van der Waals surface area contributed by atoms with Gasteiger partial charge in [-0.15, -0.1) is 0 Å². The minimum Gasteiger partial charge on any atom is -0.283 e. The van der Waals surface area contributed by atoms with Crippen molar-refractivity contribution in [3.05, 3.63) is 39.6 Å². The van der Waals surface area contributed by atoms with Gasteiger partial charge in [0, 0.05) is 17.5 Å². The summed E-state index contributed by atoms with van der Waals surface area (Å²) in [6, 6.07) is 2.91. The summed E-state index contributed by atoms with van der Waals surface area (Å²) >= 11 is 0. The number of hydrogen-bond donors (Lipinski definition) is 1. The van der Waals surface area contributed by atoms with Crippen LogP contribution in [0.1, 0.15) is 42.1 Å². The lowest BCUT2D eigenvalue weighted by Gasteiger charge is -2.24. The molecule has 1 N–H and O–H groups in total. The van der Waals surface area contributed by atoms with Gasteiger partial charge in [-0.05, 0) is 33.3 Å². The van der Waals surface area contributed by atoms with Crippen LogP contribution in [0, 0.1) is 13.8 Å². The fourth-order valence-corrected chi connectivity index (χ4v) is 2.21. The standard InChI is InChI=1S/C15H21N5O3/c1-6-11(4)20(23-5)14(22)12-8-13(21)19(18-12)15-16-9(2)7-10(3)17-15/h7-8,11,18H,6H2,1-5H3. The molecule has 0 aliphatic carbocycles. The first-order chi connectivity index (χ1) is 10.9. The molecule has 2 rings (SSSR count). The number of amides is 1. The van der Waals surface area contributed by atoms with Gasteiger partial charge < -0.3 is 0 Å². The molecule has 0 radical (unpaired) electrons. The van der Waals surface area contributed by atoms with E-state index in [4.69, 9.17) is 4.84 Å². The van der Waals surface area contributed by atoms with Gasteiger partial charge in [0.05, 0.1) is 13.2 Å². The number of carbonyl (C=O) groups is 1. The van der Waals surface area contributed by atoms with E-state index in [1.165, 1.54) is 18.2 Å². The maximum atomic E-state index is 12.5. The maximum absolute atomic E-state index is 12.5. The number of hydrogen-bond acceptors (Lipinski definition) is 5. The number of aromatic amines is 1. The lowest BCUT2D eigenvalue weighted by molar-refractivity contribution is -0.120. The van der Waals surface area contributed by atoms with E-state index in [-0.39, 0.29) is 17.7 Å². The van der Waals surface area contributed by atoms with Gasteiger partial charge in [0.1, 0.15) is 5.69 Å². The lowest BCUT2D eigenvalue weighted by Crippen LogP contribution is -2.37. The summed E-state index contributed by atoms with van der Waals surface area (Å²) in [6.07, 6.45) is 0.727. The van der Waals surface area contributed by atoms with Crippen molar-refractivity contribution in [2.45, 2.75) is 40.2 Å². The summed E-state index contributed by atoms with van der Waals surface area (Å²) in [5.74, 6) is -0.207. The third kappa shape index (κ3) is 3.48. The number of aromatic nitrogens is 4. The van der Waals surface area contributed by atoms with E-state index in [9.17, 15) is 9.59 Å². The van der Waals surface area contributed by atoms with Crippen LogP contribution >= 0.6 is 0 Å². The lowest BCUT2D eigenvalue weighted by atomic mass is 10.2. The van der Waals surface area contributed by atoms with Crippen molar-refractivity contribution < 1.29 is 9.63 Å². The third-order valence-corrected chi connectivity index (χ3v) is 3.51. The van der Waals surface area contributed by atoms with Gasteiger partial charge in [0.25, 0.3) is 17.4 Å². The first-order valence-electron chi connectivity index (χ1n) is 7.39. The van der Waals surface area contributed by atoms with Crippen LogP contribution in [0.25, 0.3) is 5.95 Å². The van der Waals surface area contributed by atoms with Gasteiger partial charge in [-0.2, -0.15) is 4.68 Å². The molecule has 2 aromatic rings. The topological polar surface area (TPSA) is 93.1 Å². The van der Waals surface area contributed by atoms with Crippen molar-refractivity contribution in [3.63, 3.8) is 0 Å². The van der Waals surface area contributed by atoms with E-state index in [0.717, 1.165) is 22.5 Å². The monoisotopic (exact) mass is 319 g/mol. The van der Waals surface area contributed by atoms with Gasteiger partial charge >= 0.3 is 0 Å². The molecule has 0 spiro atoms. The molecule has 0 aromatic carbocycles. The molecule has 8 heteroatoms. The average Bonchev–Trinajstić information content (AvgIpc) is 2.88. The molecule has 1 atom stereocenters. The van der Waals surface area contributed by atoms with Crippen LogP contribution in [0.2, 0.25) is 0 Å². The largest absolute Gasteiger partial charge is 0.295 e. The van der Waals surface area contributed by atoms with Crippen LogP contribution in [0.3, 0.4) is 0 Å². The summed E-state index contributed by atoms with van der Waals surface area (Å²) in [7, 11) is 1.42. The molecule has 0 saturated carbocycles. The van der Waals surface area contributed by atoms with Gasteiger partial charge in [-0.1, -0.05) is 6.92 Å². The Hall–Kier alpha value is -2.48. The van der Waals surface area contributed by atoms with Crippen LogP contribution in [-0.2, 0) is 4.84 Å². The number of nitrogens with zero attached hydrogens (tertiary/aromatic N) is 4. The zero-order chi connectivity index (χ0) is 17.1. The highest BCUT2D eigenvalue weighted by molar-refractivity contribution is 5.91. The van der Waals surface area contributed by atoms with E-state index in [2.05, 4.69) is 15.1 Å². The number of carbonyl (C=O) groups excluding carboxylic acids is 1. The average molecular weight is 319 g/mol. The zero-order valence-electron chi connectivity index (χ0n) is 14.0. The van der Waals surface area contributed by atoms with Crippen molar-refractivity contribution in [1.82, 2.24) is 24.8 Å². The molecular weight excluding hydrogens is 298 g/mol. The molecule has 0 aliphatic rings. The summed E-state index contributed by atoms with van der Waals surface area (Å²) < 4.78 is 1.15. The molecule has 2 heterocycles. The van der Waals surface area contributed by atoms with E-state index in [0.29, 0.717) is 0 Å². The van der Waals surface area contributed by atoms with Gasteiger partial charge in [-0.25, -0.2) is 15.0 Å². The van der Waals surface area contributed by atoms with Gasteiger partial charge in [0.15, 0.2) is 0 Å². The Morgan fingerprint density at radius 2 is 1.96 bits per heavy atom. The molecule has 0 saturated heterocycles. The Morgan fingerprint density at radius 3 is 2.48 bits per heavy atom. The van der Waals surface area contributed by atoms with Crippen molar-refractivity contribution in [1.29, 1.82) is 0 Å². The highest BCUT2D eigenvalue weighted by Gasteiger charge is 2.23. The molecular formula is C15H21N5O3. The molecule has 2 aromatic heterocycles. The minimum absolute atomic E-state index is 0.114. The minimum atomic E-state index is -0.415. The Morgan fingerprint density at radius 1 is 1.35 bits per heavy atom. The summed E-state index contributed by atoms with van der Waals surface area (Å²) in [4.78, 5) is 38.2. The van der Waals surface area contributed by atoms with Crippen LogP contribution < -0.4 is 5.56 Å². The molecule has 124 valence electrons. The smallest absolute Gasteiger partial charge is 0.283 e. The Labute approximate surface area is 134 Å². The first kappa shape index (κ1) is 16.9. The van der Waals surface area contributed by atoms with Crippen molar-refractivity contribution in [2.24, 2.45) is 0 Å². The SMILES string of the molecule is CCC(C)N(OC)C(=O)c1cc(=O)n(-c2nc(C)cc(C)n2)[nH]1. The number of rotatable bonds is 5. The quantitative estimate of drug-likeness (QED) is 0.840. The van der Waals surface area contributed by atoms with Crippen molar-refractivity contribution >= 4 is 5.91 Å². The van der Waals surface area contributed by atoms with Crippen LogP contribution in [0.5, 0.6) is 0 Å². The van der Waals surface area contributed by atoms with Crippen LogP contribution in [0.15, 0.2) is 16.9 Å². The molecule has 23 heavy (non-hydrogen) atoms. The normalized spacial score (nSPS) is 12.2. The van der Waals surface area contributed by atoms with E-state index in [1.54, 1.807) is 6.07 Å². The van der Waals surface area contributed by atoms with Gasteiger partial charge in [0.2, 0.25) is 0 Å². The van der Waals surface area contributed by atoms with E-state index >= 15 is 0 Å². The van der Waals surface area contributed by atoms with Gasteiger partial charge in [-0.3, -0.25) is 19.5 Å². The van der Waals surface area contributed by atoms with Crippen molar-refractivity contribution in [3.8, 4) is 5.95 Å². The molecule has 0 bridgehead atoms. The maximum Gasteiger partial charge on any atom is 0.295 e. The summed E-state index contributed by atoms with van der Waals surface area (Å²) in [5.41, 5.74) is 1.19. The highest BCUT2D eigenvalue weighted by Crippen LogP contribution is 2.09. The predicted octanol–water partition coefficient (Wildman–Crippen LogP) is 1.37. The fraction of sp³-hybridized carbons (Fsp3) is 0.467. The number of H-pyrrole nitrogens is 1. The molecule has 0 aliphatic heterocycles. The van der Waals surface area contributed by atoms with E-state index < -0.39 is 11.5 Å². The Bertz CT molecular complexity index is 744. The number of aryl methyl sites for hydroxylation is 2. The molecule has 0 fully saturated rings. The zero-order valence-corrected chi connectivity index (χ0v) is 14.0. The van der Waals surface area contributed by atoms with Crippen molar-refractivity contribution in [2.75, 3.05) is 7.11 Å². The van der Waals surface area contributed by atoms with E-state index in [1.807, 2.05) is 27.7 Å². The molecule has 1 amide bonds. The molecule has 8 nitrogen and oxygen atoms in total. The number of hydroxylamine groups is 2. The van der Waals surface area contributed by atoms with Crippen LogP contribution in [0.4, 0.5) is 0 Å². The Balaban J connectivity index is 2.41. The first-order valence-corrected chi connectivity index (χ1v) is 7.39. The Kier molecular flexibility index (Phi) is 4.95.